The number of benzene rings is 2. The van der Waals surface area contributed by atoms with E-state index < -0.39 is 0 Å². The molecule has 0 saturated heterocycles. The molecule has 0 fully saturated rings. The lowest BCUT2D eigenvalue weighted by atomic mass is 10.0. The second-order valence-corrected chi connectivity index (χ2v) is 5.39. The molecule has 0 aliphatic heterocycles. The third-order valence-electron chi connectivity index (χ3n) is 3.02. The van der Waals surface area contributed by atoms with Gasteiger partial charge in [-0.2, -0.15) is 0 Å². The van der Waals surface area contributed by atoms with E-state index in [4.69, 9.17) is 4.74 Å². The van der Waals surface area contributed by atoms with E-state index in [1.165, 1.54) is 19.2 Å². The first-order valence-corrected chi connectivity index (χ1v) is 6.92. The summed E-state index contributed by atoms with van der Waals surface area (Å²) in [5.74, 6) is 0.0857. The lowest BCUT2D eigenvalue weighted by molar-refractivity contribution is 0.0990. The van der Waals surface area contributed by atoms with E-state index in [1.807, 2.05) is 19.1 Å². The molecule has 0 bridgehead atoms. The first-order valence-electron chi connectivity index (χ1n) is 6.13. The highest BCUT2D eigenvalue weighted by Crippen LogP contribution is 2.24. The maximum absolute atomic E-state index is 13.2. The van der Waals surface area contributed by atoms with Gasteiger partial charge in [-0.25, -0.2) is 4.39 Å². The van der Waals surface area contributed by atoms with Crippen LogP contribution in [0, 0.1) is 12.7 Å². The third kappa shape index (κ3) is 3.25. The molecule has 2 rings (SSSR count). The fourth-order valence-electron chi connectivity index (χ4n) is 1.98. The van der Waals surface area contributed by atoms with E-state index in [0.717, 1.165) is 10.0 Å². The van der Waals surface area contributed by atoms with Crippen molar-refractivity contribution in [2.45, 2.75) is 13.3 Å². The molecule has 0 amide bonds. The van der Waals surface area contributed by atoms with Crippen molar-refractivity contribution in [3.05, 3.63) is 63.4 Å². The number of carbonyl (C=O) groups excluding carboxylic acids is 1. The van der Waals surface area contributed by atoms with Gasteiger partial charge in [-0.15, -0.1) is 0 Å². The number of hydrogen-bond acceptors (Lipinski definition) is 2. The maximum Gasteiger partial charge on any atom is 0.170 e. The average Bonchev–Trinajstić information content (AvgIpc) is 2.42. The van der Waals surface area contributed by atoms with Gasteiger partial charge in [-0.05, 0) is 48.4 Å². The molecule has 2 aromatic rings. The second-order valence-electron chi connectivity index (χ2n) is 4.54. The number of hydrogen-bond donors (Lipinski definition) is 0. The molecular formula is C16H14BrFO2. The van der Waals surface area contributed by atoms with Crippen LogP contribution in [-0.4, -0.2) is 12.9 Å². The van der Waals surface area contributed by atoms with E-state index in [0.29, 0.717) is 16.9 Å². The van der Waals surface area contributed by atoms with Gasteiger partial charge in [0.05, 0.1) is 12.7 Å². The van der Waals surface area contributed by atoms with Crippen LogP contribution in [0.15, 0.2) is 40.9 Å². The molecule has 0 spiro atoms. The van der Waals surface area contributed by atoms with Gasteiger partial charge >= 0.3 is 0 Å². The summed E-state index contributed by atoms with van der Waals surface area (Å²) in [6, 6.07) is 9.73. The van der Waals surface area contributed by atoms with Gasteiger partial charge in [-0.3, -0.25) is 4.79 Å². The van der Waals surface area contributed by atoms with Crippen LogP contribution in [0.5, 0.6) is 5.75 Å². The molecule has 20 heavy (non-hydrogen) atoms. The molecule has 0 unspecified atom stereocenters. The predicted octanol–water partition coefficient (Wildman–Crippen LogP) is 4.33. The number of methoxy groups -OCH3 is 1. The zero-order valence-electron chi connectivity index (χ0n) is 11.2. The van der Waals surface area contributed by atoms with Gasteiger partial charge in [0.15, 0.2) is 5.78 Å². The second kappa shape index (κ2) is 6.18. The SMILES string of the molecule is COc1cc(C)ccc1C(=O)Cc1cc(F)ccc1Br. The molecule has 0 radical (unpaired) electrons. The summed E-state index contributed by atoms with van der Waals surface area (Å²) in [6.45, 7) is 1.93. The van der Waals surface area contributed by atoms with Crippen LogP contribution in [0.1, 0.15) is 21.5 Å². The van der Waals surface area contributed by atoms with Crippen LogP contribution >= 0.6 is 15.9 Å². The molecule has 104 valence electrons. The Labute approximate surface area is 125 Å². The molecule has 0 aromatic heterocycles. The van der Waals surface area contributed by atoms with Crippen molar-refractivity contribution >= 4 is 21.7 Å². The zero-order valence-corrected chi connectivity index (χ0v) is 12.8. The van der Waals surface area contributed by atoms with E-state index in [2.05, 4.69) is 15.9 Å². The normalized spacial score (nSPS) is 10.4. The monoisotopic (exact) mass is 336 g/mol. The summed E-state index contributed by atoms with van der Waals surface area (Å²) < 4.78 is 19.2. The van der Waals surface area contributed by atoms with Crippen molar-refractivity contribution in [2.24, 2.45) is 0 Å². The first kappa shape index (κ1) is 14.7. The summed E-state index contributed by atoms with van der Waals surface area (Å²) >= 11 is 3.33. The first-order chi connectivity index (χ1) is 9.51. The summed E-state index contributed by atoms with van der Waals surface area (Å²) in [5.41, 5.74) is 2.15. The van der Waals surface area contributed by atoms with Crippen LogP contribution in [-0.2, 0) is 6.42 Å². The Kier molecular flexibility index (Phi) is 4.55. The van der Waals surface area contributed by atoms with Gasteiger partial charge in [0, 0.05) is 10.9 Å². The van der Waals surface area contributed by atoms with E-state index in [9.17, 15) is 9.18 Å². The number of carbonyl (C=O) groups is 1. The Bertz CT molecular complexity index is 653. The minimum Gasteiger partial charge on any atom is -0.496 e. The lowest BCUT2D eigenvalue weighted by Gasteiger charge is -2.09. The van der Waals surface area contributed by atoms with Gasteiger partial charge in [0.1, 0.15) is 11.6 Å². The highest BCUT2D eigenvalue weighted by molar-refractivity contribution is 9.10. The largest absolute Gasteiger partial charge is 0.496 e. The fraction of sp³-hybridized carbons (Fsp3) is 0.188. The van der Waals surface area contributed by atoms with Gasteiger partial charge in [0.25, 0.3) is 0 Å². The zero-order chi connectivity index (χ0) is 14.7. The Morgan fingerprint density at radius 1 is 1.25 bits per heavy atom. The van der Waals surface area contributed by atoms with Crippen LogP contribution in [0.25, 0.3) is 0 Å². The molecule has 0 aliphatic rings. The molecule has 0 N–H and O–H groups in total. The highest BCUT2D eigenvalue weighted by atomic mass is 79.9. The molecule has 0 aliphatic carbocycles. The van der Waals surface area contributed by atoms with E-state index in [-0.39, 0.29) is 18.0 Å². The fourth-order valence-corrected chi connectivity index (χ4v) is 2.36. The minimum absolute atomic E-state index is 0.104. The van der Waals surface area contributed by atoms with Crippen LogP contribution < -0.4 is 4.74 Å². The van der Waals surface area contributed by atoms with Crippen molar-refractivity contribution in [2.75, 3.05) is 7.11 Å². The van der Waals surface area contributed by atoms with Crippen molar-refractivity contribution < 1.29 is 13.9 Å². The summed E-state index contributed by atoms with van der Waals surface area (Å²) in [4.78, 5) is 12.3. The van der Waals surface area contributed by atoms with Crippen LogP contribution in [0.4, 0.5) is 4.39 Å². The molecule has 4 heteroatoms. The average molecular weight is 337 g/mol. The number of ether oxygens (including phenoxy) is 1. The Morgan fingerprint density at radius 3 is 2.70 bits per heavy atom. The van der Waals surface area contributed by atoms with Crippen LogP contribution in [0.3, 0.4) is 0 Å². The smallest absolute Gasteiger partial charge is 0.170 e. The van der Waals surface area contributed by atoms with Gasteiger partial charge in [-0.1, -0.05) is 22.0 Å². The number of rotatable bonds is 4. The van der Waals surface area contributed by atoms with Crippen molar-refractivity contribution in [1.82, 2.24) is 0 Å². The van der Waals surface area contributed by atoms with Gasteiger partial charge in [0.2, 0.25) is 0 Å². The molecule has 0 atom stereocenters. The predicted molar refractivity (Wildman–Crippen MR) is 79.9 cm³/mol. The van der Waals surface area contributed by atoms with Crippen LogP contribution in [0.2, 0.25) is 0 Å². The maximum atomic E-state index is 13.2. The quantitative estimate of drug-likeness (QED) is 0.776. The Balaban J connectivity index is 2.30. The Morgan fingerprint density at radius 2 is 2.00 bits per heavy atom. The number of ketones is 1. The Hall–Kier alpha value is -1.68. The molecule has 2 aromatic carbocycles. The van der Waals surface area contributed by atoms with Crippen molar-refractivity contribution in [3.8, 4) is 5.75 Å². The topological polar surface area (TPSA) is 26.3 Å². The van der Waals surface area contributed by atoms with E-state index in [1.54, 1.807) is 12.1 Å². The molecular weight excluding hydrogens is 323 g/mol. The standard InChI is InChI=1S/C16H14BrFO2/c1-10-3-5-13(16(7-10)20-2)15(19)9-11-8-12(18)4-6-14(11)17/h3-8H,9H2,1-2H3. The summed E-state index contributed by atoms with van der Waals surface area (Å²) in [7, 11) is 1.53. The summed E-state index contributed by atoms with van der Waals surface area (Å²) in [6.07, 6.45) is 0.123. The third-order valence-corrected chi connectivity index (χ3v) is 3.79. The van der Waals surface area contributed by atoms with Crippen molar-refractivity contribution in [3.63, 3.8) is 0 Å². The molecule has 0 heterocycles. The van der Waals surface area contributed by atoms with E-state index >= 15 is 0 Å². The highest BCUT2D eigenvalue weighted by Gasteiger charge is 2.14. The summed E-state index contributed by atoms with van der Waals surface area (Å²) in [5, 5.41) is 0. The lowest BCUT2D eigenvalue weighted by Crippen LogP contribution is -2.06. The minimum atomic E-state index is -0.355. The number of halogens is 2. The number of aryl methyl sites for hydroxylation is 1. The van der Waals surface area contributed by atoms with Gasteiger partial charge < -0.3 is 4.74 Å². The number of Topliss-reactive ketones (excluding diaryl/α,β-unsaturated/α-hetero) is 1. The molecule has 2 nitrogen and oxygen atoms in total. The molecule has 0 saturated carbocycles. The van der Waals surface area contributed by atoms with Crippen molar-refractivity contribution in [1.29, 1.82) is 0 Å².